The lowest BCUT2D eigenvalue weighted by Gasteiger charge is -2.34. The van der Waals surface area contributed by atoms with E-state index < -0.39 is 18.2 Å². The average Bonchev–Trinajstić information content (AvgIpc) is 3.31. The van der Waals surface area contributed by atoms with E-state index in [0.29, 0.717) is 6.54 Å². The molecule has 9 heteroatoms. The standard InChI is InChI=1S/C22H29IN4O3S/c1-13-18(31-12-25-13)15-7-5-14(6-8-15)10-24-20(29)17-9-16(28)11-27(17)21(30)19(26-23)22(2,3)4/h5-8,12,16-17,19,26,28H,9-11H2,1-4H3,(H,24,29)/t16-,17+,19-/m1/s1. The van der Waals surface area contributed by atoms with E-state index >= 15 is 0 Å². The average molecular weight is 556 g/mol. The Bertz CT molecular complexity index is 926. The maximum absolute atomic E-state index is 13.1. The largest absolute Gasteiger partial charge is 0.391 e. The number of nitrogens with one attached hydrogen (secondary N) is 2. The number of likely N-dealkylation sites (tertiary alicyclic amines) is 1. The van der Waals surface area contributed by atoms with Crippen LogP contribution in [-0.4, -0.2) is 51.5 Å². The Balaban J connectivity index is 1.65. The van der Waals surface area contributed by atoms with Crippen LogP contribution in [0.3, 0.4) is 0 Å². The lowest BCUT2D eigenvalue weighted by molar-refractivity contribution is -0.141. The lowest BCUT2D eigenvalue weighted by Crippen LogP contribution is -2.54. The summed E-state index contributed by atoms with van der Waals surface area (Å²) in [4.78, 5) is 32.9. The Hall–Kier alpha value is -1.56. The molecule has 31 heavy (non-hydrogen) atoms. The monoisotopic (exact) mass is 556 g/mol. The van der Waals surface area contributed by atoms with Crippen LogP contribution in [0.2, 0.25) is 0 Å². The highest BCUT2D eigenvalue weighted by atomic mass is 127. The van der Waals surface area contributed by atoms with Crippen molar-refractivity contribution >= 4 is 46.0 Å². The number of β-amino-alcohol motifs (C(OH)–C–C–N with tert-alkyl or cyclic N) is 1. The van der Waals surface area contributed by atoms with E-state index in [9.17, 15) is 14.7 Å². The van der Waals surface area contributed by atoms with Gasteiger partial charge in [-0.05, 0) is 23.5 Å². The quantitative estimate of drug-likeness (QED) is 0.376. The van der Waals surface area contributed by atoms with Crippen LogP contribution in [0.25, 0.3) is 10.4 Å². The molecule has 1 aliphatic rings. The van der Waals surface area contributed by atoms with E-state index in [1.165, 1.54) is 4.90 Å². The van der Waals surface area contributed by atoms with E-state index in [-0.39, 0.29) is 30.2 Å². The molecule has 1 aromatic carbocycles. The minimum Gasteiger partial charge on any atom is -0.391 e. The number of hydrogen-bond donors (Lipinski definition) is 3. The van der Waals surface area contributed by atoms with E-state index in [1.807, 2.05) is 80.3 Å². The van der Waals surface area contributed by atoms with E-state index in [0.717, 1.165) is 21.7 Å². The molecule has 1 saturated heterocycles. The third-order valence-electron chi connectivity index (χ3n) is 5.52. The molecule has 0 saturated carbocycles. The van der Waals surface area contributed by atoms with Crippen molar-refractivity contribution in [2.75, 3.05) is 6.54 Å². The molecule has 3 rings (SSSR count). The molecular formula is C22H29IN4O3S. The van der Waals surface area contributed by atoms with Crippen LogP contribution in [0, 0.1) is 12.3 Å². The lowest BCUT2D eigenvalue weighted by atomic mass is 9.86. The van der Waals surface area contributed by atoms with Crippen molar-refractivity contribution in [3.05, 3.63) is 41.0 Å². The van der Waals surface area contributed by atoms with Gasteiger partial charge in [0.1, 0.15) is 12.1 Å². The fourth-order valence-electron chi connectivity index (χ4n) is 3.71. The first-order valence-electron chi connectivity index (χ1n) is 10.2. The Morgan fingerprint density at radius 2 is 2.00 bits per heavy atom. The maximum Gasteiger partial charge on any atom is 0.243 e. The minimum atomic E-state index is -0.698. The van der Waals surface area contributed by atoms with Crippen LogP contribution >= 0.6 is 34.2 Å². The second kappa shape index (κ2) is 9.93. The van der Waals surface area contributed by atoms with Gasteiger partial charge in [0, 0.05) is 42.4 Å². The number of aliphatic hydroxyl groups excluding tert-OH is 1. The number of nitrogens with zero attached hydrogens (tertiary/aromatic N) is 2. The smallest absolute Gasteiger partial charge is 0.243 e. The molecule has 0 radical (unpaired) electrons. The molecule has 0 unspecified atom stereocenters. The van der Waals surface area contributed by atoms with E-state index in [2.05, 4.69) is 13.8 Å². The van der Waals surface area contributed by atoms with Crippen LogP contribution in [0.4, 0.5) is 0 Å². The fraction of sp³-hybridized carbons (Fsp3) is 0.500. The molecule has 1 fully saturated rings. The van der Waals surface area contributed by atoms with Gasteiger partial charge in [-0.1, -0.05) is 45.0 Å². The van der Waals surface area contributed by atoms with Gasteiger partial charge in [-0.2, -0.15) is 0 Å². The summed E-state index contributed by atoms with van der Waals surface area (Å²) in [6.45, 7) is 8.44. The van der Waals surface area contributed by atoms with Crippen LogP contribution in [0.5, 0.6) is 0 Å². The van der Waals surface area contributed by atoms with E-state index in [1.54, 1.807) is 11.3 Å². The first-order chi connectivity index (χ1) is 14.6. The van der Waals surface area contributed by atoms with Gasteiger partial charge in [-0.25, -0.2) is 8.51 Å². The third kappa shape index (κ3) is 5.63. The fourth-order valence-corrected chi connectivity index (χ4v) is 5.72. The highest BCUT2D eigenvalue weighted by molar-refractivity contribution is 14.1. The van der Waals surface area contributed by atoms with Crippen molar-refractivity contribution in [3.63, 3.8) is 0 Å². The van der Waals surface area contributed by atoms with Crippen molar-refractivity contribution < 1.29 is 14.7 Å². The molecule has 0 bridgehead atoms. The Labute approximate surface area is 201 Å². The van der Waals surface area contributed by atoms with Gasteiger partial charge in [-0.15, -0.1) is 11.3 Å². The van der Waals surface area contributed by atoms with E-state index in [4.69, 9.17) is 0 Å². The number of rotatable bonds is 6. The van der Waals surface area contributed by atoms with Crippen molar-refractivity contribution in [2.45, 2.75) is 58.8 Å². The number of amides is 2. The Morgan fingerprint density at radius 3 is 2.55 bits per heavy atom. The molecule has 2 amide bonds. The minimum absolute atomic E-state index is 0.164. The number of aliphatic hydroxyl groups is 1. The Kier molecular flexibility index (Phi) is 7.72. The molecule has 168 valence electrons. The number of hydrogen-bond acceptors (Lipinski definition) is 6. The highest BCUT2D eigenvalue weighted by Gasteiger charge is 2.43. The maximum atomic E-state index is 13.1. The predicted octanol–water partition coefficient (Wildman–Crippen LogP) is 3.05. The van der Waals surface area contributed by atoms with Crippen LogP contribution in [-0.2, 0) is 16.1 Å². The number of thiazole rings is 1. The molecule has 7 nitrogen and oxygen atoms in total. The summed E-state index contributed by atoms with van der Waals surface area (Å²) >= 11 is 3.58. The number of aromatic nitrogens is 1. The summed E-state index contributed by atoms with van der Waals surface area (Å²) < 4.78 is 3.03. The zero-order valence-electron chi connectivity index (χ0n) is 18.2. The zero-order chi connectivity index (χ0) is 22.8. The molecule has 0 spiro atoms. The summed E-state index contributed by atoms with van der Waals surface area (Å²) in [5.41, 5.74) is 4.60. The molecule has 1 aliphatic heterocycles. The number of halogens is 1. The highest BCUT2D eigenvalue weighted by Crippen LogP contribution is 2.28. The molecule has 1 aromatic heterocycles. The summed E-state index contributed by atoms with van der Waals surface area (Å²) in [7, 11) is 0. The van der Waals surface area contributed by atoms with Gasteiger partial charge < -0.3 is 15.3 Å². The second-order valence-corrected chi connectivity index (χ2v) is 10.5. The molecular weight excluding hydrogens is 527 g/mol. The summed E-state index contributed by atoms with van der Waals surface area (Å²) in [6, 6.07) is 6.90. The van der Waals surface area contributed by atoms with Gasteiger partial charge in [0.15, 0.2) is 0 Å². The molecule has 2 heterocycles. The van der Waals surface area contributed by atoms with Crippen molar-refractivity contribution in [3.8, 4) is 10.4 Å². The molecule has 0 aliphatic carbocycles. The number of benzene rings is 1. The van der Waals surface area contributed by atoms with Crippen molar-refractivity contribution in [1.82, 2.24) is 18.7 Å². The third-order valence-corrected chi connectivity index (χ3v) is 7.12. The normalized spacial score (nSPS) is 20.0. The summed E-state index contributed by atoms with van der Waals surface area (Å²) in [5.74, 6) is -0.406. The van der Waals surface area contributed by atoms with Gasteiger partial charge in [0.25, 0.3) is 0 Å². The van der Waals surface area contributed by atoms with Crippen LogP contribution < -0.4 is 8.85 Å². The van der Waals surface area contributed by atoms with Crippen molar-refractivity contribution in [1.29, 1.82) is 0 Å². The van der Waals surface area contributed by atoms with Gasteiger partial charge in [-0.3, -0.25) is 9.59 Å². The Morgan fingerprint density at radius 1 is 1.32 bits per heavy atom. The second-order valence-electron chi connectivity index (χ2n) is 8.99. The SMILES string of the molecule is Cc1ncsc1-c1ccc(CNC(=O)[C@@H]2C[C@@H](O)CN2C(=O)[C@@H](NI)C(C)(C)C)cc1. The molecule has 2 aromatic rings. The van der Waals surface area contributed by atoms with Crippen molar-refractivity contribution in [2.24, 2.45) is 5.41 Å². The molecule has 3 atom stereocenters. The first kappa shape index (κ1) is 24.1. The zero-order valence-corrected chi connectivity index (χ0v) is 21.2. The molecule has 3 N–H and O–H groups in total. The summed E-state index contributed by atoms with van der Waals surface area (Å²) in [5, 5.41) is 13.1. The van der Waals surface area contributed by atoms with Gasteiger partial charge >= 0.3 is 0 Å². The summed E-state index contributed by atoms with van der Waals surface area (Å²) in [6.07, 6.45) is -0.448. The first-order valence-corrected chi connectivity index (χ1v) is 12.2. The van der Waals surface area contributed by atoms with Gasteiger partial charge in [0.2, 0.25) is 11.8 Å². The van der Waals surface area contributed by atoms with Crippen LogP contribution in [0.1, 0.15) is 38.4 Å². The predicted molar refractivity (Wildman–Crippen MR) is 131 cm³/mol. The number of carbonyl (C=O) groups excluding carboxylic acids is 2. The van der Waals surface area contributed by atoms with Gasteiger partial charge in [0.05, 0.1) is 22.2 Å². The topological polar surface area (TPSA) is 94.6 Å². The van der Waals surface area contributed by atoms with Crippen LogP contribution in [0.15, 0.2) is 29.8 Å². The number of carbonyl (C=O) groups is 2. The number of aryl methyl sites for hydroxylation is 1.